The first-order chi connectivity index (χ1) is 13.5. The van der Waals surface area contributed by atoms with Crippen LogP contribution >= 0.6 is 0 Å². The number of hydrogen-bond donors (Lipinski definition) is 1. The van der Waals surface area contributed by atoms with Crippen molar-refractivity contribution < 1.29 is 14.6 Å². The fourth-order valence-electron chi connectivity index (χ4n) is 3.36. The summed E-state index contributed by atoms with van der Waals surface area (Å²) in [5.41, 5.74) is 2.28. The van der Waals surface area contributed by atoms with E-state index in [2.05, 4.69) is 6.92 Å². The molecule has 0 radical (unpaired) electrons. The monoisotopic (exact) mass is 388 g/mol. The number of rotatable bonds is 16. The van der Waals surface area contributed by atoms with Gasteiger partial charge in [-0.15, -0.1) is 0 Å². The Morgan fingerprint density at radius 3 is 1.96 bits per heavy atom. The van der Waals surface area contributed by atoms with Crippen molar-refractivity contribution in [3.63, 3.8) is 0 Å². The highest BCUT2D eigenvalue weighted by molar-refractivity contribution is 5.91. The van der Waals surface area contributed by atoms with Crippen LogP contribution in [0, 0.1) is 6.92 Å². The molecule has 0 aliphatic rings. The van der Waals surface area contributed by atoms with Crippen molar-refractivity contribution in [1.29, 1.82) is 0 Å². The first-order valence-electron chi connectivity index (χ1n) is 11.2. The topological polar surface area (TPSA) is 46.5 Å². The minimum absolute atomic E-state index is 0.338. The number of carboxylic acids is 1. The third kappa shape index (κ3) is 11.2. The van der Waals surface area contributed by atoms with Crippen LogP contribution in [-0.2, 0) is 4.79 Å². The van der Waals surface area contributed by atoms with Gasteiger partial charge in [-0.3, -0.25) is 0 Å². The second kappa shape index (κ2) is 15.2. The standard InChI is InChI=1S/C25H40O3/c1-4-5-6-7-8-9-10-11-12-13-14-15-18-28-24-17-16-23(19-21(24)2)20-22(3)25(26)27/h16-17,19-20H,4-15,18H2,1-3H3,(H,26,27)/b22-20+. The second-order valence-electron chi connectivity index (χ2n) is 7.89. The van der Waals surface area contributed by atoms with Crippen LogP contribution < -0.4 is 4.74 Å². The highest BCUT2D eigenvalue weighted by Crippen LogP contribution is 2.21. The summed E-state index contributed by atoms with van der Waals surface area (Å²) >= 11 is 0. The van der Waals surface area contributed by atoms with Crippen LogP contribution in [0.4, 0.5) is 0 Å². The summed E-state index contributed by atoms with van der Waals surface area (Å²) in [5.74, 6) is 0.0122. The number of carbonyl (C=O) groups is 1. The van der Waals surface area contributed by atoms with Gasteiger partial charge in [0, 0.05) is 5.57 Å². The van der Waals surface area contributed by atoms with Crippen LogP contribution in [0.3, 0.4) is 0 Å². The van der Waals surface area contributed by atoms with Gasteiger partial charge >= 0.3 is 5.97 Å². The first kappa shape index (κ1) is 24.3. The Hall–Kier alpha value is -1.77. The lowest BCUT2D eigenvalue weighted by Gasteiger charge is -2.10. The van der Waals surface area contributed by atoms with Gasteiger partial charge in [0.25, 0.3) is 0 Å². The molecule has 0 unspecified atom stereocenters. The van der Waals surface area contributed by atoms with Gasteiger partial charge in [-0.2, -0.15) is 0 Å². The van der Waals surface area contributed by atoms with Crippen LogP contribution in [0.5, 0.6) is 5.75 Å². The van der Waals surface area contributed by atoms with E-state index in [0.29, 0.717) is 5.57 Å². The van der Waals surface area contributed by atoms with E-state index in [0.717, 1.165) is 29.9 Å². The molecule has 0 bridgehead atoms. The molecule has 1 N–H and O–H groups in total. The summed E-state index contributed by atoms with van der Waals surface area (Å²) in [5, 5.41) is 8.96. The maximum absolute atomic E-state index is 10.9. The molecule has 3 heteroatoms. The quantitative estimate of drug-likeness (QED) is 0.235. The third-order valence-corrected chi connectivity index (χ3v) is 5.17. The maximum Gasteiger partial charge on any atom is 0.331 e. The van der Waals surface area contributed by atoms with Gasteiger partial charge in [0.2, 0.25) is 0 Å². The van der Waals surface area contributed by atoms with Crippen molar-refractivity contribution in [2.45, 2.75) is 97.8 Å². The molecule has 1 aromatic carbocycles. The van der Waals surface area contributed by atoms with E-state index in [9.17, 15) is 4.79 Å². The van der Waals surface area contributed by atoms with E-state index in [4.69, 9.17) is 9.84 Å². The van der Waals surface area contributed by atoms with E-state index in [1.54, 1.807) is 13.0 Å². The van der Waals surface area contributed by atoms with Crippen molar-refractivity contribution in [2.24, 2.45) is 0 Å². The first-order valence-corrected chi connectivity index (χ1v) is 11.2. The molecular formula is C25H40O3. The zero-order chi connectivity index (χ0) is 20.6. The van der Waals surface area contributed by atoms with Crippen LogP contribution in [0.1, 0.15) is 102 Å². The van der Waals surface area contributed by atoms with Crippen molar-refractivity contribution in [2.75, 3.05) is 6.61 Å². The van der Waals surface area contributed by atoms with Gasteiger partial charge in [0.1, 0.15) is 5.75 Å². The molecule has 0 heterocycles. The number of aliphatic carboxylic acids is 1. The van der Waals surface area contributed by atoms with Crippen LogP contribution in [0.15, 0.2) is 23.8 Å². The Morgan fingerprint density at radius 2 is 1.46 bits per heavy atom. The fourth-order valence-corrected chi connectivity index (χ4v) is 3.36. The summed E-state index contributed by atoms with van der Waals surface area (Å²) in [7, 11) is 0. The second-order valence-corrected chi connectivity index (χ2v) is 7.89. The Bertz CT molecular complexity index is 589. The molecule has 0 saturated carbocycles. The van der Waals surface area contributed by atoms with Crippen LogP contribution in [-0.4, -0.2) is 17.7 Å². The van der Waals surface area contributed by atoms with E-state index >= 15 is 0 Å². The fraction of sp³-hybridized carbons (Fsp3) is 0.640. The number of benzene rings is 1. The molecule has 0 fully saturated rings. The highest BCUT2D eigenvalue weighted by Gasteiger charge is 2.03. The van der Waals surface area contributed by atoms with Crippen molar-refractivity contribution in [3.8, 4) is 5.75 Å². The normalized spacial score (nSPS) is 11.6. The Labute approximate surface area is 172 Å². The molecule has 1 aromatic rings. The number of unbranched alkanes of at least 4 members (excludes halogenated alkanes) is 11. The number of hydrogen-bond acceptors (Lipinski definition) is 2. The average molecular weight is 389 g/mol. The summed E-state index contributed by atoms with van der Waals surface area (Å²) in [6, 6.07) is 5.83. The Morgan fingerprint density at radius 1 is 0.929 bits per heavy atom. The average Bonchev–Trinajstić information content (AvgIpc) is 2.66. The van der Waals surface area contributed by atoms with Gasteiger partial charge in [0.15, 0.2) is 0 Å². The molecule has 0 atom stereocenters. The predicted octanol–water partition coefficient (Wildman–Crippen LogP) is 7.56. The van der Waals surface area contributed by atoms with Crippen molar-refractivity contribution in [1.82, 2.24) is 0 Å². The molecule has 28 heavy (non-hydrogen) atoms. The van der Waals surface area contributed by atoms with E-state index in [1.807, 2.05) is 25.1 Å². The number of ether oxygens (including phenoxy) is 1. The van der Waals surface area contributed by atoms with Gasteiger partial charge in [-0.25, -0.2) is 4.79 Å². The maximum atomic E-state index is 10.9. The van der Waals surface area contributed by atoms with Gasteiger partial charge in [-0.1, -0.05) is 83.6 Å². The molecule has 1 rings (SSSR count). The third-order valence-electron chi connectivity index (χ3n) is 5.17. The molecule has 0 aliphatic heterocycles. The van der Waals surface area contributed by atoms with E-state index in [-0.39, 0.29) is 0 Å². The molecule has 0 aliphatic carbocycles. The van der Waals surface area contributed by atoms with Gasteiger partial charge in [0.05, 0.1) is 6.61 Å². The summed E-state index contributed by atoms with van der Waals surface area (Å²) in [4.78, 5) is 10.9. The SMILES string of the molecule is CCCCCCCCCCCCCCOc1ccc(/C=C(\C)C(=O)O)cc1C. The van der Waals surface area contributed by atoms with Gasteiger partial charge < -0.3 is 9.84 Å². The van der Waals surface area contributed by atoms with Crippen molar-refractivity contribution >= 4 is 12.0 Å². The van der Waals surface area contributed by atoms with Crippen molar-refractivity contribution in [3.05, 3.63) is 34.9 Å². The van der Waals surface area contributed by atoms with Gasteiger partial charge in [-0.05, 0) is 49.6 Å². The van der Waals surface area contributed by atoms with E-state index < -0.39 is 5.97 Å². The number of carboxylic acid groups (broad SMARTS) is 1. The minimum Gasteiger partial charge on any atom is -0.493 e. The molecule has 3 nitrogen and oxygen atoms in total. The molecule has 158 valence electrons. The lowest BCUT2D eigenvalue weighted by Crippen LogP contribution is -1.99. The summed E-state index contributed by atoms with van der Waals surface area (Å²) in [6.07, 6.45) is 17.8. The summed E-state index contributed by atoms with van der Waals surface area (Å²) in [6.45, 7) is 6.63. The predicted molar refractivity (Wildman–Crippen MR) is 119 cm³/mol. The van der Waals surface area contributed by atoms with E-state index in [1.165, 1.54) is 70.6 Å². The molecular weight excluding hydrogens is 348 g/mol. The smallest absolute Gasteiger partial charge is 0.331 e. The zero-order valence-electron chi connectivity index (χ0n) is 18.3. The summed E-state index contributed by atoms with van der Waals surface area (Å²) < 4.78 is 5.90. The minimum atomic E-state index is -0.884. The Balaban J connectivity index is 2.09. The molecule has 0 spiro atoms. The van der Waals surface area contributed by atoms with Crippen LogP contribution in [0.2, 0.25) is 0 Å². The lowest BCUT2D eigenvalue weighted by atomic mass is 10.1. The Kier molecular flexibility index (Phi) is 13.2. The van der Waals surface area contributed by atoms with Crippen LogP contribution in [0.25, 0.3) is 6.08 Å². The molecule has 0 saturated heterocycles. The zero-order valence-corrected chi connectivity index (χ0v) is 18.3. The highest BCUT2D eigenvalue weighted by atomic mass is 16.5. The largest absolute Gasteiger partial charge is 0.493 e. The lowest BCUT2D eigenvalue weighted by molar-refractivity contribution is -0.132. The molecule has 0 aromatic heterocycles. The molecule has 0 amide bonds. The number of aryl methyl sites for hydroxylation is 1.